The van der Waals surface area contributed by atoms with Crippen molar-refractivity contribution in [3.63, 3.8) is 0 Å². The van der Waals surface area contributed by atoms with Crippen LogP contribution in [0.15, 0.2) is 73.1 Å². The molecule has 0 bridgehead atoms. The van der Waals surface area contributed by atoms with E-state index in [1.54, 1.807) is 43.8 Å². The summed E-state index contributed by atoms with van der Waals surface area (Å²) in [5.41, 5.74) is 3.77. The highest BCUT2D eigenvalue weighted by molar-refractivity contribution is 6.30. The first kappa shape index (κ1) is 18.9. The SMILES string of the molecule is COc1cccc(CNC(=O)c2cc(-c3ccc(Cl)cc3)nc3ccncc23)c1. The Labute approximate surface area is 173 Å². The molecule has 1 amide bonds. The van der Waals surface area contributed by atoms with Crippen molar-refractivity contribution in [3.05, 3.63) is 89.2 Å². The highest BCUT2D eigenvalue weighted by Gasteiger charge is 2.14. The van der Waals surface area contributed by atoms with E-state index in [1.807, 2.05) is 36.4 Å². The Kier molecular flexibility index (Phi) is 5.40. The number of rotatable bonds is 5. The first-order chi connectivity index (χ1) is 14.1. The van der Waals surface area contributed by atoms with Crippen molar-refractivity contribution in [2.45, 2.75) is 6.54 Å². The lowest BCUT2D eigenvalue weighted by molar-refractivity contribution is 0.0952. The standard InChI is InChI=1S/C23H18ClN3O2/c1-29-18-4-2-3-15(11-18)13-26-23(28)19-12-22(16-5-7-17(24)8-6-16)27-21-9-10-25-14-20(19)21/h2-12,14H,13H2,1H3,(H,26,28). The molecule has 2 aromatic carbocycles. The van der Waals surface area contributed by atoms with Crippen LogP contribution in [-0.2, 0) is 6.54 Å². The number of ether oxygens (including phenoxy) is 1. The van der Waals surface area contributed by atoms with Crippen LogP contribution in [0.1, 0.15) is 15.9 Å². The van der Waals surface area contributed by atoms with Gasteiger partial charge in [-0.2, -0.15) is 0 Å². The number of carbonyl (C=O) groups is 1. The van der Waals surface area contributed by atoms with E-state index in [9.17, 15) is 4.79 Å². The van der Waals surface area contributed by atoms with Crippen molar-refractivity contribution in [3.8, 4) is 17.0 Å². The molecule has 6 heteroatoms. The van der Waals surface area contributed by atoms with Crippen molar-refractivity contribution in [2.75, 3.05) is 7.11 Å². The molecule has 0 atom stereocenters. The quantitative estimate of drug-likeness (QED) is 0.515. The van der Waals surface area contributed by atoms with Crippen LogP contribution < -0.4 is 10.1 Å². The third kappa shape index (κ3) is 4.20. The molecule has 0 fully saturated rings. The Bertz CT molecular complexity index is 1180. The molecule has 0 radical (unpaired) electrons. The predicted octanol–water partition coefficient (Wildman–Crippen LogP) is 4.89. The normalized spacial score (nSPS) is 10.7. The van der Waals surface area contributed by atoms with Gasteiger partial charge in [0.15, 0.2) is 0 Å². The van der Waals surface area contributed by atoms with E-state index in [4.69, 9.17) is 16.3 Å². The summed E-state index contributed by atoms with van der Waals surface area (Å²) < 4.78 is 5.24. The average molecular weight is 404 g/mol. The zero-order valence-corrected chi connectivity index (χ0v) is 16.5. The largest absolute Gasteiger partial charge is 0.497 e. The first-order valence-corrected chi connectivity index (χ1v) is 9.43. The third-order valence-corrected chi connectivity index (χ3v) is 4.83. The number of hydrogen-bond acceptors (Lipinski definition) is 4. The van der Waals surface area contributed by atoms with E-state index >= 15 is 0 Å². The minimum absolute atomic E-state index is 0.191. The molecule has 0 saturated heterocycles. The Balaban J connectivity index is 1.67. The molecule has 0 saturated carbocycles. The summed E-state index contributed by atoms with van der Waals surface area (Å²) in [6.45, 7) is 0.385. The summed E-state index contributed by atoms with van der Waals surface area (Å²) in [6, 6.07) is 18.6. The lowest BCUT2D eigenvalue weighted by Crippen LogP contribution is -2.23. The zero-order chi connectivity index (χ0) is 20.2. The Morgan fingerprint density at radius 2 is 1.93 bits per heavy atom. The summed E-state index contributed by atoms with van der Waals surface area (Å²) in [5.74, 6) is 0.559. The minimum atomic E-state index is -0.191. The molecule has 1 N–H and O–H groups in total. The number of fused-ring (bicyclic) bond motifs is 1. The second-order valence-corrected chi connectivity index (χ2v) is 6.93. The van der Waals surface area contributed by atoms with E-state index in [-0.39, 0.29) is 5.91 Å². The maximum Gasteiger partial charge on any atom is 0.252 e. The molecule has 0 unspecified atom stereocenters. The van der Waals surface area contributed by atoms with Crippen LogP contribution in [0.25, 0.3) is 22.2 Å². The van der Waals surface area contributed by atoms with Gasteiger partial charge >= 0.3 is 0 Å². The Morgan fingerprint density at radius 3 is 2.72 bits per heavy atom. The molecule has 2 aromatic heterocycles. The Hall–Kier alpha value is -3.44. The molecule has 2 heterocycles. The molecule has 4 aromatic rings. The van der Waals surface area contributed by atoms with Crippen LogP contribution in [0.2, 0.25) is 5.02 Å². The van der Waals surface area contributed by atoms with Gasteiger partial charge in [-0.1, -0.05) is 35.9 Å². The summed E-state index contributed by atoms with van der Waals surface area (Å²) in [5, 5.41) is 4.33. The van der Waals surface area contributed by atoms with E-state index in [0.717, 1.165) is 16.9 Å². The van der Waals surface area contributed by atoms with Gasteiger partial charge in [-0.15, -0.1) is 0 Å². The second kappa shape index (κ2) is 8.29. The number of benzene rings is 2. The molecule has 4 rings (SSSR count). The van der Waals surface area contributed by atoms with Crippen LogP contribution in [0.5, 0.6) is 5.75 Å². The van der Waals surface area contributed by atoms with Crippen molar-refractivity contribution >= 4 is 28.4 Å². The highest BCUT2D eigenvalue weighted by Crippen LogP contribution is 2.25. The molecular weight excluding hydrogens is 386 g/mol. The molecule has 0 aliphatic rings. The van der Waals surface area contributed by atoms with Gasteiger partial charge in [0.1, 0.15) is 5.75 Å². The third-order valence-electron chi connectivity index (χ3n) is 4.58. The molecule has 5 nitrogen and oxygen atoms in total. The van der Waals surface area contributed by atoms with Crippen molar-refractivity contribution in [1.29, 1.82) is 0 Å². The first-order valence-electron chi connectivity index (χ1n) is 9.06. The second-order valence-electron chi connectivity index (χ2n) is 6.49. The smallest absolute Gasteiger partial charge is 0.252 e. The van der Waals surface area contributed by atoms with E-state index in [2.05, 4.69) is 15.3 Å². The van der Waals surface area contributed by atoms with Gasteiger partial charge < -0.3 is 10.1 Å². The number of carbonyl (C=O) groups excluding carboxylic acids is 1. The number of nitrogens with one attached hydrogen (secondary N) is 1. The molecule has 0 aliphatic heterocycles. The maximum absolute atomic E-state index is 13.0. The summed E-state index contributed by atoms with van der Waals surface area (Å²) in [6.07, 6.45) is 3.33. The number of aromatic nitrogens is 2. The monoisotopic (exact) mass is 403 g/mol. The molecular formula is C23H18ClN3O2. The molecule has 29 heavy (non-hydrogen) atoms. The van der Waals surface area contributed by atoms with Crippen LogP contribution >= 0.6 is 11.6 Å². The van der Waals surface area contributed by atoms with E-state index < -0.39 is 0 Å². The summed E-state index contributed by atoms with van der Waals surface area (Å²) >= 11 is 6.00. The molecule has 0 aliphatic carbocycles. The van der Waals surface area contributed by atoms with Gasteiger partial charge in [0.05, 0.1) is 23.9 Å². The van der Waals surface area contributed by atoms with Gasteiger partial charge in [0.2, 0.25) is 0 Å². The van der Waals surface area contributed by atoms with E-state index in [0.29, 0.717) is 33.7 Å². The van der Waals surface area contributed by atoms with E-state index in [1.165, 1.54) is 0 Å². The van der Waals surface area contributed by atoms with Crippen LogP contribution in [0, 0.1) is 0 Å². The fraction of sp³-hybridized carbons (Fsp3) is 0.0870. The number of halogens is 1. The fourth-order valence-corrected chi connectivity index (χ4v) is 3.21. The number of methoxy groups -OCH3 is 1. The number of hydrogen-bond donors (Lipinski definition) is 1. The number of pyridine rings is 2. The zero-order valence-electron chi connectivity index (χ0n) is 15.7. The van der Waals surface area contributed by atoms with Gasteiger partial charge in [-0.25, -0.2) is 4.98 Å². The summed E-state index contributed by atoms with van der Waals surface area (Å²) in [4.78, 5) is 21.8. The van der Waals surface area contributed by atoms with Crippen LogP contribution in [-0.4, -0.2) is 23.0 Å². The lowest BCUT2D eigenvalue weighted by Gasteiger charge is -2.11. The van der Waals surface area contributed by atoms with Crippen molar-refractivity contribution in [2.24, 2.45) is 0 Å². The van der Waals surface area contributed by atoms with Gasteiger partial charge in [0.25, 0.3) is 5.91 Å². The van der Waals surface area contributed by atoms with Crippen molar-refractivity contribution < 1.29 is 9.53 Å². The Morgan fingerprint density at radius 1 is 1.10 bits per heavy atom. The van der Waals surface area contributed by atoms with Gasteiger partial charge in [-0.05, 0) is 42.0 Å². The minimum Gasteiger partial charge on any atom is -0.497 e. The summed E-state index contributed by atoms with van der Waals surface area (Å²) in [7, 11) is 1.62. The molecule has 144 valence electrons. The predicted molar refractivity (Wildman–Crippen MR) is 114 cm³/mol. The van der Waals surface area contributed by atoms with Crippen LogP contribution in [0.4, 0.5) is 0 Å². The fourth-order valence-electron chi connectivity index (χ4n) is 3.09. The highest BCUT2D eigenvalue weighted by atomic mass is 35.5. The molecule has 0 spiro atoms. The van der Waals surface area contributed by atoms with Gasteiger partial charge in [-0.3, -0.25) is 9.78 Å². The number of nitrogens with zero attached hydrogens (tertiary/aromatic N) is 2. The van der Waals surface area contributed by atoms with Crippen molar-refractivity contribution in [1.82, 2.24) is 15.3 Å². The topological polar surface area (TPSA) is 64.1 Å². The van der Waals surface area contributed by atoms with Crippen LogP contribution in [0.3, 0.4) is 0 Å². The average Bonchev–Trinajstić information content (AvgIpc) is 2.77. The van der Waals surface area contributed by atoms with Gasteiger partial charge in [0, 0.05) is 34.9 Å². The maximum atomic E-state index is 13.0. The lowest BCUT2D eigenvalue weighted by atomic mass is 10.0. The number of amides is 1.